The lowest BCUT2D eigenvalue weighted by Crippen LogP contribution is -2.07. The molecule has 4 nitrogen and oxygen atoms in total. The number of rotatable bonds is 3. The Bertz CT molecular complexity index is 158. The highest BCUT2D eigenvalue weighted by molar-refractivity contribution is 5.79. The summed E-state index contributed by atoms with van der Waals surface area (Å²) in [5.41, 5.74) is 0. The summed E-state index contributed by atoms with van der Waals surface area (Å²) in [6.45, 7) is 0.884. The molecule has 0 aromatic carbocycles. The van der Waals surface area contributed by atoms with Crippen molar-refractivity contribution < 1.29 is 19.4 Å². The van der Waals surface area contributed by atoms with Gasteiger partial charge in [0.1, 0.15) is 6.79 Å². The van der Waals surface area contributed by atoms with E-state index in [4.69, 9.17) is 14.6 Å². The van der Waals surface area contributed by atoms with E-state index in [9.17, 15) is 4.79 Å². The first-order chi connectivity index (χ1) is 5.29. The molecule has 0 spiro atoms. The van der Waals surface area contributed by atoms with Gasteiger partial charge in [-0.3, -0.25) is 0 Å². The lowest BCUT2D eigenvalue weighted by molar-refractivity contribution is -0.131. The Labute approximate surface area is 64.4 Å². The fraction of sp³-hybridized carbons (Fsp3) is 0.571. The molecule has 0 saturated carbocycles. The van der Waals surface area contributed by atoms with Gasteiger partial charge in [0.2, 0.25) is 0 Å². The highest BCUT2D eigenvalue weighted by atomic mass is 16.7. The van der Waals surface area contributed by atoms with Gasteiger partial charge >= 0.3 is 5.97 Å². The number of hydrogen-bond donors (Lipinski definition) is 1. The predicted molar refractivity (Wildman–Crippen MR) is 37.1 cm³/mol. The number of carbonyl (C=O) groups is 1. The van der Waals surface area contributed by atoms with Crippen LogP contribution in [0.4, 0.5) is 0 Å². The molecule has 0 radical (unpaired) electrons. The molecular formula is C7H10O4. The number of carboxylic acid groups (broad SMARTS) is 1. The summed E-state index contributed by atoms with van der Waals surface area (Å²) in [7, 11) is 0. The van der Waals surface area contributed by atoms with E-state index < -0.39 is 5.97 Å². The zero-order chi connectivity index (χ0) is 8.10. The molecule has 1 atom stereocenters. The van der Waals surface area contributed by atoms with Gasteiger partial charge in [-0.05, 0) is 6.42 Å². The van der Waals surface area contributed by atoms with Crippen LogP contribution < -0.4 is 0 Å². The zero-order valence-electron chi connectivity index (χ0n) is 6.03. The minimum absolute atomic E-state index is 0.0330. The van der Waals surface area contributed by atoms with E-state index in [1.807, 2.05) is 0 Å². The number of hydrogen-bond acceptors (Lipinski definition) is 3. The maximum absolute atomic E-state index is 10.0. The first kappa shape index (κ1) is 8.23. The van der Waals surface area contributed by atoms with E-state index in [0.717, 1.165) is 6.08 Å². The van der Waals surface area contributed by atoms with E-state index in [1.165, 1.54) is 0 Å². The Morgan fingerprint density at radius 2 is 2.55 bits per heavy atom. The topological polar surface area (TPSA) is 55.8 Å². The molecule has 1 saturated heterocycles. The van der Waals surface area contributed by atoms with Crippen LogP contribution in [0.25, 0.3) is 0 Å². The van der Waals surface area contributed by atoms with Crippen LogP contribution in [0.5, 0.6) is 0 Å². The van der Waals surface area contributed by atoms with Crippen molar-refractivity contribution in [2.24, 2.45) is 0 Å². The molecule has 0 aromatic heterocycles. The van der Waals surface area contributed by atoms with Gasteiger partial charge < -0.3 is 14.6 Å². The zero-order valence-corrected chi connectivity index (χ0v) is 6.03. The Balaban J connectivity index is 2.15. The number of ether oxygens (including phenoxy) is 2. The molecular weight excluding hydrogens is 148 g/mol. The first-order valence-corrected chi connectivity index (χ1v) is 3.38. The van der Waals surface area contributed by atoms with Crippen LogP contribution in [0.15, 0.2) is 12.2 Å². The predicted octanol–water partition coefficient (Wildman–Crippen LogP) is 0.390. The van der Waals surface area contributed by atoms with Crippen LogP contribution in [0.1, 0.15) is 6.42 Å². The van der Waals surface area contributed by atoms with Crippen LogP contribution in [0.3, 0.4) is 0 Å². The van der Waals surface area contributed by atoms with E-state index in [1.54, 1.807) is 6.08 Å². The largest absolute Gasteiger partial charge is 0.478 e. The highest BCUT2D eigenvalue weighted by Crippen LogP contribution is 2.07. The molecule has 0 aromatic rings. The summed E-state index contributed by atoms with van der Waals surface area (Å²) in [5.74, 6) is -0.927. The second kappa shape index (κ2) is 4.10. The SMILES string of the molecule is O=C(O)C=CCC1COCO1. The Kier molecular flexibility index (Phi) is 3.07. The standard InChI is InChI=1S/C7H10O4/c8-7(9)3-1-2-6-4-10-5-11-6/h1,3,6H,2,4-5H2,(H,8,9). The molecule has 1 rings (SSSR count). The third-order valence-corrected chi connectivity index (χ3v) is 1.35. The first-order valence-electron chi connectivity index (χ1n) is 3.38. The average molecular weight is 158 g/mol. The van der Waals surface area contributed by atoms with E-state index >= 15 is 0 Å². The third kappa shape index (κ3) is 3.15. The molecule has 1 heterocycles. The molecule has 1 unspecified atom stereocenters. The number of carboxylic acids is 1. The van der Waals surface area contributed by atoms with Gasteiger partial charge in [0.25, 0.3) is 0 Å². The molecule has 1 N–H and O–H groups in total. The molecule has 4 heteroatoms. The summed E-state index contributed by atoms with van der Waals surface area (Å²) >= 11 is 0. The maximum Gasteiger partial charge on any atom is 0.327 e. The summed E-state index contributed by atoms with van der Waals surface area (Å²) in [6.07, 6.45) is 3.32. The van der Waals surface area contributed by atoms with Crippen LogP contribution >= 0.6 is 0 Å². The van der Waals surface area contributed by atoms with E-state index in [0.29, 0.717) is 19.8 Å². The summed E-state index contributed by atoms with van der Waals surface area (Å²) in [5, 5.41) is 8.23. The van der Waals surface area contributed by atoms with Gasteiger partial charge in [-0.2, -0.15) is 0 Å². The lowest BCUT2D eigenvalue weighted by Gasteiger charge is -2.00. The van der Waals surface area contributed by atoms with Crippen LogP contribution in [0, 0.1) is 0 Å². The quantitative estimate of drug-likeness (QED) is 0.603. The van der Waals surface area contributed by atoms with Gasteiger partial charge in [-0.25, -0.2) is 4.79 Å². The van der Waals surface area contributed by atoms with E-state index in [2.05, 4.69) is 0 Å². The van der Waals surface area contributed by atoms with Crippen LogP contribution in [-0.2, 0) is 14.3 Å². The van der Waals surface area contributed by atoms with Gasteiger partial charge in [-0.15, -0.1) is 0 Å². The minimum atomic E-state index is -0.927. The van der Waals surface area contributed by atoms with Crippen LogP contribution in [0.2, 0.25) is 0 Å². The second-order valence-corrected chi connectivity index (χ2v) is 2.25. The van der Waals surface area contributed by atoms with Crippen molar-refractivity contribution in [1.29, 1.82) is 0 Å². The molecule has 62 valence electrons. The van der Waals surface area contributed by atoms with Crippen molar-refractivity contribution in [3.8, 4) is 0 Å². The lowest BCUT2D eigenvalue weighted by atomic mass is 10.2. The molecule has 1 aliphatic heterocycles. The van der Waals surface area contributed by atoms with Crippen molar-refractivity contribution in [3.05, 3.63) is 12.2 Å². The summed E-state index contributed by atoms with van der Waals surface area (Å²) < 4.78 is 9.98. The molecule has 1 aliphatic rings. The van der Waals surface area contributed by atoms with Gasteiger partial charge in [0.15, 0.2) is 0 Å². The second-order valence-electron chi connectivity index (χ2n) is 2.25. The van der Waals surface area contributed by atoms with Gasteiger partial charge in [0.05, 0.1) is 12.7 Å². The van der Waals surface area contributed by atoms with Crippen LogP contribution in [-0.4, -0.2) is 30.6 Å². The molecule has 0 aliphatic carbocycles. The summed E-state index contributed by atoms with van der Waals surface area (Å²) in [6, 6.07) is 0. The molecule has 1 fully saturated rings. The molecule has 11 heavy (non-hydrogen) atoms. The third-order valence-electron chi connectivity index (χ3n) is 1.35. The Morgan fingerprint density at radius 1 is 1.73 bits per heavy atom. The Hall–Kier alpha value is -0.870. The fourth-order valence-electron chi connectivity index (χ4n) is 0.829. The van der Waals surface area contributed by atoms with Crippen molar-refractivity contribution >= 4 is 5.97 Å². The monoisotopic (exact) mass is 158 g/mol. The fourth-order valence-corrected chi connectivity index (χ4v) is 0.829. The van der Waals surface area contributed by atoms with Crippen molar-refractivity contribution in [1.82, 2.24) is 0 Å². The summed E-state index contributed by atoms with van der Waals surface area (Å²) in [4.78, 5) is 10.0. The molecule has 0 bridgehead atoms. The van der Waals surface area contributed by atoms with Crippen molar-refractivity contribution in [3.63, 3.8) is 0 Å². The van der Waals surface area contributed by atoms with Crippen molar-refractivity contribution in [2.75, 3.05) is 13.4 Å². The number of aliphatic carboxylic acids is 1. The minimum Gasteiger partial charge on any atom is -0.478 e. The van der Waals surface area contributed by atoms with Gasteiger partial charge in [0, 0.05) is 6.08 Å². The van der Waals surface area contributed by atoms with E-state index in [-0.39, 0.29) is 6.10 Å². The smallest absolute Gasteiger partial charge is 0.327 e. The normalized spacial score (nSPS) is 24.5. The van der Waals surface area contributed by atoms with Crippen molar-refractivity contribution in [2.45, 2.75) is 12.5 Å². The maximum atomic E-state index is 10.0. The Morgan fingerprint density at radius 3 is 3.09 bits per heavy atom. The average Bonchev–Trinajstić information content (AvgIpc) is 2.39. The van der Waals surface area contributed by atoms with Gasteiger partial charge in [-0.1, -0.05) is 6.08 Å². The highest BCUT2D eigenvalue weighted by Gasteiger charge is 2.13. The molecule has 0 amide bonds.